The Kier molecular flexibility index (Phi) is 4.86. The maximum absolute atomic E-state index is 12.0. The summed E-state index contributed by atoms with van der Waals surface area (Å²) in [5.74, 6) is 0.0403. The van der Waals surface area contributed by atoms with Crippen LogP contribution in [0.3, 0.4) is 0 Å². The lowest BCUT2D eigenvalue weighted by Crippen LogP contribution is -3.12. The molecule has 0 aromatic heterocycles. The second-order valence-corrected chi connectivity index (χ2v) is 5.63. The number of rotatable bonds is 2. The van der Waals surface area contributed by atoms with Crippen LogP contribution in [0.15, 0.2) is 24.3 Å². The minimum Gasteiger partial charge on any atom is -0.334 e. The van der Waals surface area contributed by atoms with Crippen molar-refractivity contribution < 1.29 is 9.69 Å². The van der Waals surface area contributed by atoms with E-state index < -0.39 is 0 Å². The summed E-state index contributed by atoms with van der Waals surface area (Å²) >= 11 is 11.9. The smallest absolute Gasteiger partial charge is 0.246 e. The number of carbonyl (C=O) groups is 1. The number of carbonyl (C=O) groups excluding carboxylic acids is 1. The van der Waals surface area contributed by atoms with Gasteiger partial charge in [-0.05, 0) is 23.8 Å². The van der Waals surface area contributed by atoms with Crippen molar-refractivity contribution in [3.63, 3.8) is 0 Å². The van der Waals surface area contributed by atoms with E-state index in [4.69, 9.17) is 23.2 Å². The number of nitrogens with zero attached hydrogens (tertiary/aromatic N) is 1. The molecule has 2 rings (SSSR count). The van der Waals surface area contributed by atoms with Crippen LogP contribution in [0.25, 0.3) is 6.08 Å². The summed E-state index contributed by atoms with van der Waals surface area (Å²) in [4.78, 5) is 15.4. The Hall–Kier alpha value is -1.03. The molecule has 1 amide bonds. The second kappa shape index (κ2) is 6.42. The number of piperazine rings is 1. The SMILES string of the molecule is C[NH+]1CCN(C(=O)/C=C/c2ccc(Cl)cc2Cl)CC1. The zero-order valence-electron chi connectivity index (χ0n) is 10.8. The van der Waals surface area contributed by atoms with Gasteiger partial charge in [-0.3, -0.25) is 4.79 Å². The fraction of sp³-hybridized carbons (Fsp3) is 0.357. The zero-order chi connectivity index (χ0) is 13.8. The molecule has 0 saturated carbocycles. The lowest BCUT2D eigenvalue weighted by Gasteiger charge is -2.29. The number of quaternary nitrogens is 1. The highest BCUT2D eigenvalue weighted by molar-refractivity contribution is 6.35. The van der Waals surface area contributed by atoms with Crippen LogP contribution in [0.1, 0.15) is 5.56 Å². The average molecular weight is 300 g/mol. The fourth-order valence-electron chi connectivity index (χ4n) is 2.01. The molecular weight excluding hydrogens is 283 g/mol. The van der Waals surface area contributed by atoms with Gasteiger partial charge in [0, 0.05) is 16.1 Å². The van der Waals surface area contributed by atoms with E-state index in [0.717, 1.165) is 31.7 Å². The Morgan fingerprint density at radius 1 is 1.32 bits per heavy atom. The Morgan fingerprint density at radius 3 is 2.63 bits per heavy atom. The third-order valence-electron chi connectivity index (χ3n) is 3.30. The number of likely N-dealkylation sites (N-methyl/N-ethyl adjacent to an activating group) is 1. The number of amides is 1. The maximum atomic E-state index is 12.0. The summed E-state index contributed by atoms with van der Waals surface area (Å²) in [5.41, 5.74) is 0.805. The largest absolute Gasteiger partial charge is 0.334 e. The molecule has 1 saturated heterocycles. The van der Waals surface area contributed by atoms with E-state index in [-0.39, 0.29) is 5.91 Å². The first kappa shape index (κ1) is 14.4. The van der Waals surface area contributed by atoms with E-state index in [1.54, 1.807) is 24.3 Å². The third kappa shape index (κ3) is 3.96. The molecule has 3 nitrogen and oxygen atoms in total. The van der Waals surface area contributed by atoms with Crippen LogP contribution in [0.5, 0.6) is 0 Å². The molecule has 0 atom stereocenters. The quantitative estimate of drug-likeness (QED) is 0.820. The van der Waals surface area contributed by atoms with Gasteiger partial charge >= 0.3 is 0 Å². The monoisotopic (exact) mass is 299 g/mol. The average Bonchev–Trinajstić information content (AvgIpc) is 2.38. The van der Waals surface area contributed by atoms with Gasteiger partial charge in [0.1, 0.15) is 0 Å². The summed E-state index contributed by atoms with van der Waals surface area (Å²) in [7, 11) is 2.14. The van der Waals surface area contributed by atoms with E-state index in [1.165, 1.54) is 4.90 Å². The minimum absolute atomic E-state index is 0.0403. The summed E-state index contributed by atoms with van der Waals surface area (Å²) in [6, 6.07) is 5.24. The summed E-state index contributed by atoms with van der Waals surface area (Å²) in [6.45, 7) is 3.62. The Morgan fingerprint density at radius 2 is 2.00 bits per heavy atom. The molecule has 1 fully saturated rings. The van der Waals surface area contributed by atoms with Gasteiger partial charge in [-0.1, -0.05) is 29.3 Å². The topological polar surface area (TPSA) is 24.8 Å². The van der Waals surface area contributed by atoms with E-state index >= 15 is 0 Å². The molecule has 1 N–H and O–H groups in total. The number of nitrogens with one attached hydrogen (secondary N) is 1. The standard InChI is InChI=1S/C14H16Cl2N2O/c1-17-6-8-18(9-7-17)14(19)5-3-11-2-4-12(15)10-13(11)16/h2-5,10H,6-9H2,1H3/p+1/b5-3+. The van der Waals surface area contributed by atoms with Crippen LogP contribution >= 0.6 is 23.2 Å². The number of benzene rings is 1. The van der Waals surface area contributed by atoms with Gasteiger partial charge in [-0.15, -0.1) is 0 Å². The lowest BCUT2D eigenvalue weighted by molar-refractivity contribution is -0.883. The zero-order valence-corrected chi connectivity index (χ0v) is 12.3. The van der Waals surface area contributed by atoms with Gasteiger partial charge in [0.05, 0.1) is 33.2 Å². The second-order valence-electron chi connectivity index (χ2n) is 4.78. The van der Waals surface area contributed by atoms with Crippen LogP contribution in [-0.4, -0.2) is 44.0 Å². The molecule has 0 radical (unpaired) electrons. The van der Waals surface area contributed by atoms with Gasteiger partial charge in [-0.2, -0.15) is 0 Å². The summed E-state index contributed by atoms with van der Waals surface area (Å²) in [5, 5.41) is 1.15. The molecule has 0 aliphatic carbocycles. The molecule has 5 heteroatoms. The lowest BCUT2D eigenvalue weighted by atomic mass is 10.2. The number of hydrogen-bond acceptors (Lipinski definition) is 1. The molecule has 1 aromatic carbocycles. The van der Waals surface area contributed by atoms with E-state index in [9.17, 15) is 4.79 Å². The predicted molar refractivity (Wildman–Crippen MR) is 78.7 cm³/mol. The van der Waals surface area contributed by atoms with Crippen LogP contribution in [0.2, 0.25) is 10.0 Å². The van der Waals surface area contributed by atoms with Crippen molar-refractivity contribution in [2.75, 3.05) is 33.2 Å². The Balaban J connectivity index is 2.00. The molecule has 1 aliphatic heterocycles. The molecule has 1 aromatic rings. The van der Waals surface area contributed by atoms with Crippen molar-refractivity contribution in [2.24, 2.45) is 0 Å². The summed E-state index contributed by atoms with van der Waals surface area (Å²) < 4.78 is 0. The van der Waals surface area contributed by atoms with Crippen LogP contribution in [-0.2, 0) is 4.79 Å². The van der Waals surface area contributed by atoms with Gasteiger partial charge in [0.25, 0.3) is 0 Å². The minimum atomic E-state index is 0.0403. The normalized spacial score (nSPS) is 17.1. The van der Waals surface area contributed by atoms with Crippen molar-refractivity contribution in [3.8, 4) is 0 Å². The molecular formula is C14H17Cl2N2O+. The van der Waals surface area contributed by atoms with Gasteiger partial charge < -0.3 is 9.80 Å². The van der Waals surface area contributed by atoms with Crippen LogP contribution in [0, 0.1) is 0 Å². The highest BCUT2D eigenvalue weighted by atomic mass is 35.5. The molecule has 0 spiro atoms. The molecule has 0 unspecified atom stereocenters. The first-order valence-corrected chi connectivity index (χ1v) is 7.05. The number of hydrogen-bond donors (Lipinski definition) is 1. The molecule has 0 bridgehead atoms. The predicted octanol–water partition coefficient (Wildman–Crippen LogP) is 1.36. The van der Waals surface area contributed by atoms with Gasteiger partial charge in [-0.25, -0.2) is 0 Å². The highest BCUT2D eigenvalue weighted by Crippen LogP contribution is 2.22. The van der Waals surface area contributed by atoms with E-state index in [2.05, 4.69) is 7.05 Å². The van der Waals surface area contributed by atoms with E-state index in [1.807, 2.05) is 11.0 Å². The van der Waals surface area contributed by atoms with Crippen molar-refractivity contribution >= 4 is 35.2 Å². The van der Waals surface area contributed by atoms with Crippen LogP contribution in [0.4, 0.5) is 0 Å². The fourth-order valence-corrected chi connectivity index (χ4v) is 2.48. The first-order valence-electron chi connectivity index (χ1n) is 6.29. The molecule has 102 valence electrons. The first-order chi connectivity index (χ1) is 9.06. The van der Waals surface area contributed by atoms with Crippen molar-refractivity contribution in [3.05, 3.63) is 39.9 Å². The Labute approximate surface area is 123 Å². The van der Waals surface area contributed by atoms with Crippen molar-refractivity contribution in [2.45, 2.75) is 0 Å². The van der Waals surface area contributed by atoms with E-state index in [0.29, 0.717) is 10.0 Å². The highest BCUT2D eigenvalue weighted by Gasteiger charge is 2.19. The third-order valence-corrected chi connectivity index (χ3v) is 3.86. The van der Waals surface area contributed by atoms with Crippen molar-refractivity contribution in [1.82, 2.24) is 4.90 Å². The maximum Gasteiger partial charge on any atom is 0.246 e. The Bertz CT molecular complexity index is 494. The molecule has 19 heavy (non-hydrogen) atoms. The van der Waals surface area contributed by atoms with Gasteiger partial charge in [0.2, 0.25) is 5.91 Å². The molecule has 1 aliphatic rings. The molecule has 1 heterocycles. The number of halogens is 2. The van der Waals surface area contributed by atoms with Crippen LogP contribution < -0.4 is 4.90 Å². The van der Waals surface area contributed by atoms with Gasteiger partial charge in [0.15, 0.2) is 0 Å². The summed E-state index contributed by atoms with van der Waals surface area (Å²) in [6.07, 6.45) is 3.32. The van der Waals surface area contributed by atoms with Crippen molar-refractivity contribution in [1.29, 1.82) is 0 Å².